The van der Waals surface area contributed by atoms with Crippen LogP contribution in [0.3, 0.4) is 0 Å². The monoisotopic (exact) mass is 231 g/mol. The number of hydrogen-bond acceptors (Lipinski definition) is 1. The molecule has 0 heterocycles. The Hall–Kier alpha value is -0.670. The van der Waals surface area contributed by atoms with Crippen LogP contribution in [-0.4, -0.2) is 17.6 Å². The van der Waals surface area contributed by atoms with Gasteiger partial charge in [-0.1, -0.05) is 0 Å². The number of rotatable bonds is 0. The molecule has 1 unspecified atom stereocenters. The summed E-state index contributed by atoms with van der Waals surface area (Å²) in [6, 6.07) is 0. The predicted molar refractivity (Wildman–Crippen MR) is 28.0 cm³/mol. The summed E-state index contributed by atoms with van der Waals surface area (Å²) in [6.45, 7) is 0. The van der Waals surface area contributed by atoms with Crippen LogP contribution in [0, 0.1) is 0 Å². The minimum Gasteiger partial charge on any atom is -0.261 e. The van der Waals surface area contributed by atoms with Crippen molar-refractivity contribution >= 4 is 17.0 Å². The number of halogens is 7. The summed E-state index contributed by atoms with van der Waals surface area (Å²) in [4.78, 5) is 9.70. The van der Waals surface area contributed by atoms with Crippen LogP contribution in [-0.2, 0) is 15.9 Å². The van der Waals surface area contributed by atoms with Crippen LogP contribution >= 0.6 is 0 Å². The molecule has 0 aromatic carbocycles. The molecule has 0 fully saturated rings. The molecule has 0 bridgehead atoms. The first-order chi connectivity index (χ1) is 5.55. The van der Waals surface area contributed by atoms with E-state index in [1.54, 1.807) is 0 Å². The molecule has 0 aliphatic rings. The van der Waals surface area contributed by atoms with E-state index in [0.29, 0.717) is 0 Å². The van der Waals surface area contributed by atoms with Gasteiger partial charge < -0.3 is 0 Å². The molecule has 78 valence electrons. The fourth-order valence-corrected chi connectivity index (χ4v) is 0.529. The van der Waals surface area contributed by atoms with Crippen LogP contribution < -0.4 is 0 Å². The fourth-order valence-electron chi connectivity index (χ4n) is 0.176. The summed E-state index contributed by atoms with van der Waals surface area (Å²) >= 11 is -4.41. The van der Waals surface area contributed by atoms with Crippen LogP contribution in [0.1, 0.15) is 0 Å². The van der Waals surface area contributed by atoms with Gasteiger partial charge in [-0.3, -0.25) is 4.79 Å². The van der Waals surface area contributed by atoms with E-state index in [-0.39, 0.29) is 0 Å². The number of hydrogen-bond donors (Lipinski definition) is 0. The van der Waals surface area contributed by atoms with Crippen LogP contribution in [0.5, 0.6) is 0 Å². The van der Waals surface area contributed by atoms with Gasteiger partial charge in [-0.2, -0.15) is 26.3 Å². The summed E-state index contributed by atoms with van der Waals surface area (Å²) in [5.41, 5.74) is -5.57. The Balaban J connectivity index is 4.70. The van der Waals surface area contributed by atoms with Gasteiger partial charge in [0.15, 0.2) is 11.1 Å². The van der Waals surface area contributed by atoms with Gasteiger partial charge in [0.1, 0.15) is 0 Å². The number of alkyl halides is 6. The van der Waals surface area contributed by atoms with Gasteiger partial charge in [-0.05, 0) is 0 Å². The van der Waals surface area contributed by atoms with Crippen LogP contribution in [0.25, 0.3) is 0 Å². The lowest BCUT2D eigenvalue weighted by atomic mass is 10.6. The minimum absolute atomic E-state index is 1.29. The maximum atomic E-state index is 11.7. The molecule has 0 saturated carbocycles. The van der Waals surface area contributed by atoms with Crippen molar-refractivity contribution in [2.24, 2.45) is 4.36 Å². The van der Waals surface area contributed by atoms with E-state index < -0.39 is 28.7 Å². The summed E-state index contributed by atoms with van der Waals surface area (Å²) < 4.78 is 80.3. The maximum absolute atomic E-state index is 11.7. The quantitative estimate of drug-likeness (QED) is 0.588. The van der Waals surface area contributed by atoms with Crippen molar-refractivity contribution < 1.29 is 35.0 Å². The largest absolute Gasteiger partial charge is 0.482 e. The molecule has 0 radical (unpaired) electrons. The average Bonchev–Trinajstić information content (AvgIpc) is 1.82. The lowest BCUT2D eigenvalue weighted by molar-refractivity contribution is -0.169. The zero-order valence-corrected chi connectivity index (χ0v) is 6.23. The third-order valence-electron chi connectivity index (χ3n) is 0.597. The van der Waals surface area contributed by atoms with Gasteiger partial charge in [0.25, 0.3) is 0 Å². The van der Waals surface area contributed by atoms with Crippen molar-refractivity contribution in [3.63, 3.8) is 0 Å². The number of carbonyl (C=O) groups is 1. The van der Waals surface area contributed by atoms with Crippen molar-refractivity contribution in [1.29, 1.82) is 0 Å². The van der Waals surface area contributed by atoms with E-state index >= 15 is 0 Å². The van der Waals surface area contributed by atoms with Crippen LogP contribution in [0.2, 0.25) is 0 Å². The number of nitrogens with zero attached hydrogens (tertiary/aromatic N) is 1. The Morgan fingerprint density at radius 1 is 1.08 bits per heavy atom. The molecule has 2 nitrogen and oxygen atoms in total. The molecule has 1 atom stereocenters. The molecular weight excluding hydrogens is 231 g/mol. The Labute approximate surface area is 69.1 Å². The Morgan fingerprint density at radius 3 is 1.69 bits per heavy atom. The molecule has 0 spiro atoms. The molecule has 10 heteroatoms. The van der Waals surface area contributed by atoms with E-state index in [9.17, 15) is 35.0 Å². The zero-order chi connectivity index (χ0) is 10.9. The second-order valence-electron chi connectivity index (χ2n) is 1.58. The highest BCUT2D eigenvalue weighted by molar-refractivity contribution is 7.83. The van der Waals surface area contributed by atoms with Gasteiger partial charge in [0.05, 0.1) is 0 Å². The molecule has 0 N–H and O–H groups in total. The molecule has 0 rings (SSSR count). The Bertz CT molecular complexity index is 239. The Morgan fingerprint density at radius 2 is 1.46 bits per heavy atom. The second kappa shape index (κ2) is 3.60. The topological polar surface area (TPSA) is 29.4 Å². The highest BCUT2D eigenvalue weighted by Gasteiger charge is 2.43. The standard InChI is InChI=1S/C3F7NOS/c4-2(5,6)1(12)11-13(10)3(7,8)9. The SMILES string of the molecule is O=C(N=S(F)C(F)(F)F)C(F)(F)F. The Kier molecular flexibility index (Phi) is 3.41. The second-order valence-corrected chi connectivity index (χ2v) is 2.70. The summed E-state index contributed by atoms with van der Waals surface area (Å²) in [5, 5.41) is 0. The molecule has 1 amide bonds. The average molecular weight is 231 g/mol. The van der Waals surface area contributed by atoms with E-state index in [0.717, 1.165) is 0 Å². The van der Waals surface area contributed by atoms with E-state index in [2.05, 4.69) is 0 Å². The lowest BCUT2D eigenvalue weighted by Crippen LogP contribution is -2.23. The molecular formula is C3F7NOS. The fraction of sp³-hybridized carbons (Fsp3) is 0.667. The predicted octanol–water partition coefficient (Wildman–Crippen LogP) is 2.28. The van der Waals surface area contributed by atoms with Crippen molar-refractivity contribution in [3.8, 4) is 0 Å². The first kappa shape index (κ1) is 12.3. The first-order valence-electron chi connectivity index (χ1n) is 2.35. The highest BCUT2D eigenvalue weighted by atomic mass is 32.2. The molecule has 13 heavy (non-hydrogen) atoms. The van der Waals surface area contributed by atoms with E-state index in [4.69, 9.17) is 0 Å². The van der Waals surface area contributed by atoms with Gasteiger partial charge in [-0.25, -0.2) is 0 Å². The van der Waals surface area contributed by atoms with Crippen molar-refractivity contribution in [3.05, 3.63) is 0 Å². The molecule has 0 aliphatic heterocycles. The maximum Gasteiger partial charge on any atom is 0.482 e. The molecule has 0 aliphatic carbocycles. The molecule has 0 aromatic heterocycles. The number of amides is 1. The third kappa shape index (κ3) is 4.20. The first-order valence-corrected chi connectivity index (χ1v) is 3.43. The van der Waals surface area contributed by atoms with Crippen molar-refractivity contribution in [1.82, 2.24) is 0 Å². The highest BCUT2D eigenvalue weighted by Crippen LogP contribution is 2.25. The summed E-state index contributed by atoms with van der Waals surface area (Å²) in [6.07, 6.45) is -5.58. The minimum atomic E-state index is -5.58. The van der Waals surface area contributed by atoms with E-state index in [1.165, 1.54) is 4.36 Å². The third-order valence-corrected chi connectivity index (χ3v) is 1.30. The van der Waals surface area contributed by atoms with Crippen molar-refractivity contribution in [2.45, 2.75) is 11.7 Å². The molecule has 0 aromatic rings. The van der Waals surface area contributed by atoms with E-state index in [1.807, 2.05) is 0 Å². The van der Waals surface area contributed by atoms with Gasteiger partial charge in [0.2, 0.25) is 0 Å². The summed E-state index contributed by atoms with van der Waals surface area (Å²) in [5.74, 6) is -3.09. The lowest BCUT2D eigenvalue weighted by Gasteiger charge is -2.02. The van der Waals surface area contributed by atoms with Gasteiger partial charge in [0, 0.05) is 0 Å². The number of carbonyl (C=O) groups excluding carboxylic acids is 1. The van der Waals surface area contributed by atoms with Gasteiger partial charge >= 0.3 is 17.6 Å². The smallest absolute Gasteiger partial charge is 0.261 e. The van der Waals surface area contributed by atoms with Gasteiger partial charge in [-0.15, -0.1) is 8.25 Å². The summed E-state index contributed by atoms with van der Waals surface area (Å²) in [7, 11) is 0. The van der Waals surface area contributed by atoms with Crippen LogP contribution in [0.4, 0.5) is 30.2 Å². The van der Waals surface area contributed by atoms with Crippen molar-refractivity contribution in [2.75, 3.05) is 0 Å². The zero-order valence-electron chi connectivity index (χ0n) is 5.41. The normalized spacial score (nSPS) is 15.9. The van der Waals surface area contributed by atoms with Crippen LogP contribution in [0.15, 0.2) is 4.36 Å². The molecule has 0 saturated heterocycles.